The fourth-order valence-corrected chi connectivity index (χ4v) is 4.65. The van der Waals surface area contributed by atoms with Crippen molar-refractivity contribution in [3.05, 3.63) is 35.9 Å². The molecule has 2 saturated carbocycles. The molecular weight excluding hydrogens is 366 g/mol. The van der Waals surface area contributed by atoms with Crippen molar-refractivity contribution in [3.8, 4) is 0 Å². The summed E-state index contributed by atoms with van der Waals surface area (Å²) in [6, 6.07) is 9.11. The Morgan fingerprint density at radius 1 is 1.21 bits per heavy atom. The lowest BCUT2D eigenvalue weighted by molar-refractivity contribution is -0.170. The number of aliphatic imine (C=N–C) groups is 1. The molecule has 1 aliphatic heterocycles. The minimum Gasteiger partial charge on any atom is -0.471 e. The van der Waals surface area contributed by atoms with E-state index in [1.165, 1.54) is 0 Å². The number of esters is 1. The molecule has 4 rings (SSSR count). The van der Waals surface area contributed by atoms with Crippen LogP contribution >= 0.6 is 0 Å². The predicted molar refractivity (Wildman–Crippen MR) is 96.7 cm³/mol. The molecule has 0 unspecified atom stereocenters. The van der Waals surface area contributed by atoms with Gasteiger partial charge in [-0.1, -0.05) is 18.2 Å². The van der Waals surface area contributed by atoms with Gasteiger partial charge in [0.25, 0.3) is 0 Å². The fourth-order valence-electron chi connectivity index (χ4n) is 4.65. The smallest absolute Gasteiger partial charge is 0.471 e. The van der Waals surface area contributed by atoms with Crippen molar-refractivity contribution < 1.29 is 33.6 Å². The van der Waals surface area contributed by atoms with Crippen LogP contribution in [0.25, 0.3) is 0 Å². The molecule has 28 heavy (non-hydrogen) atoms. The summed E-state index contributed by atoms with van der Waals surface area (Å²) in [6.07, 6.45) is -2.94. The van der Waals surface area contributed by atoms with E-state index in [-0.39, 0.29) is 19.1 Å². The van der Waals surface area contributed by atoms with Crippen LogP contribution in [-0.4, -0.2) is 60.2 Å². The number of carbonyl (C=O) groups excluding carboxylic acids is 2. The largest absolute Gasteiger partial charge is 0.508 e. The molecule has 0 aromatic heterocycles. The Bertz CT molecular complexity index is 795. The SMILES string of the molecule is CCOC(=O)O[C@@H]1[C@H]2C[C@@H]3[C@@H](OC(c4ccccc4)=N[C@@]31C(=O)OCC)[C@@H]2O. The Hall–Kier alpha value is -2.61. The van der Waals surface area contributed by atoms with E-state index in [0.29, 0.717) is 12.0 Å². The van der Waals surface area contributed by atoms with Gasteiger partial charge in [0.1, 0.15) is 12.2 Å². The highest BCUT2D eigenvalue weighted by atomic mass is 16.7. The Kier molecular flexibility index (Phi) is 4.74. The number of rotatable bonds is 5. The van der Waals surface area contributed by atoms with Crippen LogP contribution in [0.4, 0.5) is 4.79 Å². The van der Waals surface area contributed by atoms with Crippen molar-refractivity contribution >= 4 is 18.0 Å². The molecule has 0 amide bonds. The van der Waals surface area contributed by atoms with Crippen LogP contribution in [-0.2, 0) is 23.7 Å². The van der Waals surface area contributed by atoms with Crippen molar-refractivity contribution in [1.82, 2.24) is 0 Å². The second-order valence-electron chi connectivity index (χ2n) is 7.13. The standard InChI is InChI=1S/C20H23NO7/c1-3-25-18(23)20-13-10-12(16(20)28-19(24)26-4-2)14(22)15(13)27-17(21-20)11-8-6-5-7-9-11/h5-9,12-16,22H,3-4,10H2,1-2H3/t12-,13+,14+,15+,16+,20-/m0/s1. The zero-order valence-electron chi connectivity index (χ0n) is 15.7. The van der Waals surface area contributed by atoms with Gasteiger partial charge in [-0.25, -0.2) is 14.6 Å². The quantitative estimate of drug-likeness (QED) is 0.764. The highest BCUT2D eigenvalue weighted by molar-refractivity contribution is 5.98. The van der Waals surface area contributed by atoms with Crippen LogP contribution in [0.3, 0.4) is 0 Å². The molecule has 0 saturated heterocycles. The van der Waals surface area contributed by atoms with Crippen LogP contribution < -0.4 is 0 Å². The highest BCUT2D eigenvalue weighted by Crippen LogP contribution is 2.58. The first kappa shape index (κ1) is 18.7. The van der Waals surface area contributed by atoms with E-state index in [9.17, 15) is 14.7 Å². The average molecular weight is 389 g/mol. The third kappa shape index (κ3) is 2.66. The number of hydrogen-bond donors (Lipinski definition) is 1. The summed E-state index contributed by atoms with van der Waals surface area (Å²) in [6.45, 7) is 3.66. The summed E-state index contributed by atoms with van der Waals surface area (Å²) in [5.41, 5.74) is -0.789. The topological polar surface area (TPSA) is 104 Å². The molecule has 2 fully saturated rings. The van der Waals surface area contributed by atoms with Gasteiger partial charge in [0, 0.05) is 17.4 Å². The zero-order chi connectivity index (χ0) is 19.9. The number of benzene rings is 1. The molecule has 0 radical (unpaired) electrons. The summed E-state index contributed by atoms with van der Waals surface area (Å²) in [5.74, 6) is -1.28. The minimum atomic E-state index is -1.46. The van der Waals surface area contributed by atoms with Crippen molar-refractivity contribution in [2.45, 2.75) is 44.1 Å². The van der Waals surface area contributed by atoms with Gasteiger partial charge in [-0.15, -0.1) is 0 Å². The molecule has 1 heterocycles. The number of aliphatic hydroxyl groups excluding tert-OH is 1. The van der Waals surface area contributed by atoms with E-state index in [4.69, 9.17) is 18.9 Å². The van der Waals surface area contributed by atoms with Gasteiger partial charge < -0.3 is 24.1 Å². The lowest BCUT2D eigenvalue weighted by Crippen LogP contribution is -2.65. The molecule has 6 atom stereocenters. The van der Waals surface area contributed by atoms with Crippen LogP contribution in [0.1, 0.15) is 25.8 Å². The van der Waals surface area contributed by atoms with Gasteiger partial charge in [0.05, 0.1) is 19.3 Å². The maximum Gasteiger partial charge on any atom is 0.508 e. The van der Waals surface area contributed by atoms with E-state index in [0.717, 1.165) is 0 Å². The minimum absolute atomic E-state index is 0.138. The number of hydrogen-bond acceptors (Lipinski definition) is 8. The van der Waals surface area contributed by atoms with Crippen LogP contribution in [0, 0.1) is 11.8 Å². The normalized spacial score (nSPS) is 35.0. The molecule has 2 bridgehead atoms. The van der Waals surface area contributed by atoms with Gasteiger partial charge >= 0.3 is 12.1 Å². The summed E-state index contributed by atoms with van der Waals surface area (Å²) < 4.78 is 21.7. The van der Waals surface area contributed by atoms with E-state index in [1.54, 1.807) is 26.0 Å². The molecule has 8 heteroatoms. The lowest BCUT2D eigenvalue weighted by Gasteiger charge is -2.46. The zero-order valence-corrected chi connectivity index (χ0v) is 15.7. The molecule has 1 N–H and O–H groups in total. The molecule has 0 spiro atoms. The van der Waals surface area contributed by atoms with Gasteiger partial charge in [-0.05, 0) is 32.4 Å². The second kappa shape index (κ2) is 7.09. The van der Waals surface area contributed by atoms with E-state index >= 15 is 0 Å². The number of aliphatic hydroxyl groups is 1. The highest BCUT2D eigenvalue weighted by Gasteiger charge is 2.75. The van der Waals surface area contributed by atoms with E-state index < -0.39 is 47.8 Å². The van der Waals surface area contributed by atoms with E-state index in [1.807, 2.05) is 18.2 Å². The van der Waals surface area contributed by atoms with Gasteiger partial charge in [0.15, 0.2) is 0 Å². The molecule has 8 nitrogen and oxygen atoms in total. The fraction of sp³-hybridized carbons (Fsp3) is 0.550. The van der Waals surface area contributed by atoms with Gasteiger partial charge in [-0.2, -0.15) is 0 Å². The number of carbonyl (C=O) groups is 2. The molecular formula is C20H23NO7. The van der Waals surface area contributed by atoms with Gasteiger partial charge in [-0.3, -0.25) is 0 Å². The predicted octanol–water partition coefficient (Wildman–Crippen LogP) is 1.69. The Morgan fingerprint density at radius 2 is 1.93 bits per heavy atom. The monoisotopic (exact) mass is 389 g/mol. The summed E-state index contributed by atoms with van der Waals surface area (Å²) in [5, 5.41) is 10.8. The Labute approximate surface area is 162 Å². The second-order valence-corrected chi connectivity index (χ2v) is 7.13. The first-order valence-electron chi connectivity index (χ1n) is 9.53. The molecule has 2 aliphatic carbocycles. The first-order valence-corrected chi connectivity index (χ1v) is 9.53. The van der Waals surface area contributed by atoms with Crippen molar-refractivity contribution in [1.29, 1.82) is 0 Å². The van der Waals surface area contributed by atoms with E-state index in [2.05, 4.69) is 4.99 Å². The molecule has 3 aliphatic rings. The van der Waals surface area contributed by atoms with Crippen LogP contribution in [0.5, 0.6) is 0 Å². The summed E-state index contributed by atoms with van der Waals surface area (Å²) in [7, 11) is 0. The van der Waals surface area contributed by atoms with Gasteiger partial charge in [0.2, 0.25) is 11.4 Å². The van der Waals surface area contributed by atoms with Crippen molar-refractivity contribution in [2.75, 3.05) is 13.2 Å². The maximum atomic E-state index is 13.1. The Morgan fingerprint density at radius 3 is 2.61 bits per heavy atom. The molecule has 1 aromatic carbocycles. The molecule has 1 aromatic rings. The summed E-state index contributed by atoms with van der Waals surface area (Å²) >= 11 is 0. The maximum absolute atomic E-state index is 13.1. The number of fused-ring (bicyclic) bond motifs is 1. The lowest BCUT2D eigenvalue weighted by atomic mass is 9.75. The van der Waals surface area contributed by atoms with Crippen LogP contribution in [0.2, 0.25) is 0 Å². The summed E-state index contributed by atoms with van der Waals surface area (Å²) in [4.78, 5) is 29.8. The Balaban J connectivity index is 1.81. The van der Waals surface area contributed by atoms with Crippen LogP contribution in [0.15, 0.2) is 35.3 Å². The van der Waals surface area contributed by atoms with Crippen molar-refractivity contribution in [2.24, 2.45) is 16.8 Å². The van der Waals surface area contributed by atoms with Crippen molar-refractivity contribution in [3.63, 3.8) is 0 Å². The molecule has 150 valence electrons. The third-order valence-corrected chi connectivity index (χ3v) is 5.73. The number of nitrogens with zero attached hydrogens (tertiary/aromatic N) is 1. The average Bonchev–Trinajstić information content (AvgIpc) is 3.20. The third-order valence-electron chi connectivity index (χ3n) is 5.73. The first-order chi connectivity index (χ1) is 13.5. The number of ether oxygens (including phenoxy) is 4.